The smallest absolute Gasteiger partial charge is 0.349 e. The zero-order chi connectivity index (χ0) is 27.7. The number of aliphatic carboxylic acids is 1. The second kappa shape index (κ2) is 12.9. The minimum atomic E-state index is -2.17. The topological polar surface area (TPSA) is 137 Å². The largest absolute Gasteiger partial charge is 0.497 e. The summed E-state index contributed by atoms with van der Waals surface area (Å²) in [7, 11) is 2.81. The summed E-state index contributed by atoms with van der Waals surface area (Å²) >= 11 is 0. The average molecular weight is 522 g/mol. The van der Waals surface area contributed by atoms with Gasteiger partial charge in [-0.1, -0.05) is 37.3 Å². The van der Waals surface area contributed by atoms with Gasteiger partial charge in [-0.05, 0) is 54.4 Å². The number of hydrogen-bond acceptors (Lipinski definition) is 8. The zero-order valence-corrected chi connectivity index (χ0v) is 21.0. The Balaban J connectivity index is 1.95. The molecule has 38 heavy (non-hydrogen) atoms. The van der Waals surface area contributed by atoms with Crippen LogP contribution in [0.1, 0.15) is 33.2 Å². The molecule has 0 heterocycles. The number of para-hydroxylation sites is 1. The zero-order valence-electron chi connectivity index (χ0n) is 21.0. The Morgan fingerprint density at radius 2 is 1.29 bits per heavy atom. The third kappa shape index (κ3) is 6.88. The summed E-state index contributed by atoms with van der Waals surface area (Å²) in [5.41, 5.74) is 1.13. The molecule has 0 aromatic heterocycles. The Morgan fingerprint density at radius 3 is 1.79 bits per heavy atom. The number of rotatable bonds is 11. The van der Waals surface area contributed by atoms with E-state index >= 15 is 0 Å². The van der Waals surface area contributed by atoms with E-state index in [1.807, 2.05) is 6.92 Å². The first-order chi connectivity index (χ1) is 18.3. The van der Waals surface area contributed by atoms with Crippen molar-refractivity contribution in [3.8, 4) is 11.5 Å². The lowest BCUT2D eigenvalue weighted by molar-refractivity contribution is -0.157. The van der Waals surface area contributed by atoms with Gasteiger partial charge in [0, 0.05) is 5.69 Å². The standard InChI is InChI=1S/C28H27NO9/c1-4-17-9-5-6-14-22(17)29-25(30)23(37-27(33)18-10-7-12-20(15-18)35-2)24(26(31)32)38-28(34)19-11-8-13-21(16-19)36-3/h5-16,23-24H,4H2,1-3H3,(H,29,30)(H,31,32)/t23-,24-/m1/s1. The van der Waals surface area contributed by atoms with E-state index in [4.69, 9.17) is 18.9 Å². The van der Waals surface area contributed by atoms with Gasteiger partial charge in [0.2, 0.25) is 12.2 Å². The van der Waals surface area contributed by atoms with Crippen LogP contribution in [0.3, 0.4) is 0 Å². The van der Waals surface area contributed by atoms with Crippen molar-refractivity contribution in [1.82, 2.24) is 0 Å². The summed E-state index contributed by atoms with van der Waals surface area (Å²) in [5, 5.41) is 12.5. The lowest BCUT2D eigenvalue weighted by Gasteiger charge is -2.24. The fourth-order valence-corrected chi connectivity index (χ4v) is 3.52. The number of anilines is 1. The second-order valence-corrected chi connectivity index (χ2v) is 7.95. The maximum absolute atomic E-state index is 13.3. The van der Waals surface area contributed by atoms with Crippen molar-refractivity contribution in [2.45, 2.75) is 25.6 Å². The van der Waals surface area contributed by atoms with Crippen molar-refractivity contribution < 1.29 is 43.2 Å². The third-order valence-corrected chi connectivity index (χ3v) is 5.51. The molecule has 0 bridgehead atoms. The Labute approximate surface area is 219 Å². The molecule has 198 valence electrons. The van der Waals surface area contributed by atoms with E-state index in [-0.39, 0.29) is 11.1 Å². The van der Waals surface area contributed by atoms with E-state index in [1.54, 1.807) is 36.4 Å². The number of aryl methyl sites for hydroxylation is 1. The lowest BCUT2D eigenvalue weighted by atomic mass is 10.1. The highest BCUT2D eigenvalue weighted by Crippen LogP contribution is 2.21. The van der Waals surface area contributed by atoms with Crippen molar-refractivity contribution in [2.24, 2.45) is 0 Å². The molecule has 3 aromatic carbocycles. The van der Waals surface area contributed by atoms with E-state index in [9.17, 15) is 24.3 Å². The number of carboxylic acid groups (broad SMARTS) is 1. The van der Waals surface area contributed by atoms with Crippen LogP contribution in [-0.2, 0) is 25.5 Å². The number of methoxy groups -OCH3 is 2. The quantitative estimate of drug-likeness (QED) is 0.361. The van der Waals surface area contributed by atoms with E-state index in [0.717, 1.165) is 5.56 Å². The van der Waals surface area contributed by atoms with Crippen molar-refractivity contribution in [1.29, 1.82) is 0 Å². The van der Waals surface area contributed by atoms with Gasteiger partial charge in [-0.25, -0.2) is 14.4 Å². The Morgan fingerprint density at radius 1 is 0.763 bits per heavy atom. The highest BCUT2D eigenvalue weighted by molar-refractivity contribution is 6.02. The minimum Gasteiger partial charge on any atom is -0.497 e. The fourth-order valence-electron chi connectivity index (χ4n) is 3.52. The number of carboxylic acids is 1. The summed E-state index contributed by atoms with van der Waals surface area (Å²) in [6.07, 6.45) is -3.64. The van der Waals surface area contributed by atoms with E-state index in [0.29, 0.717) is 23.6 Å². The lowest BCUT2D eigenvalue weighted by Crippen LogP contribution is -2.48. The monoisotopic (exact) mass is 521 g/mol. The Hall–Kier alpha value is -4.86. The maximum Gasteiger partial charge on any atom is 0.349 e. The number of benzene rings is 3. The van der Waals surface area contributed by atoms with Gasteiger partial charge in [-0.15, -0.1) is 0 Å². The minimum absolute atomic E-state index is 0.000584. The number of carbonyl (C=O) groups is 4. The normalized spacial score (nSPS) is 12.0. The summed E-state index contributed by atoms with van der Waals surface area (Å²) in [6, 6.07) is 18.6. The molecular formula is C28H27NO9. The highest BCUT2D eigenvalue weighted by Gasteiger charge is 2.41. The van der Waals surface area contributed by atoms with Crippen LogP contribution in [0.15, 0.2) is 72.8 Å². The van der Waals surface area contributed by atoms with E-state index < -0.39 is 36.0 Å². The first-order valence-corrected chi connectivity index (χ1v) is 11.6. The molecule has 1 amide bonds. The van der Waals surface area contributed by atoms with Gasteiger partial charge in [0.05, 0.1) is 25.3 Å². The van der Waals surface area contributed by atoms with Gasteiger partial charge in [0.1, 0.15) is 11.5 Å². The molecule has 0 unspecified atom stereocenters. The molecule has 0 aliphatic heterocycles. The van der Waals surface area contributed by atoms with Crippen LogP contribution in [0, 0.1) is 0 Å². The molecular weight excluding hydrogens is 494 g/mol. The van der Waals surface area contributed by atoms with Gasteiger partial charge in [0.15, 0.2) is 0 Å². The molecule has 0 saturated heterocycles. The predicted molar refractivity (Wildman–Crippen MR) is 136 cm³/mol. The summed E-state index contributed by atoms with van der Waals surface area (Å²) in [6.45, 7) is 1.88. The summed E-state index contributed by atoms with van der Waals surface area (Å²) < 4.78 is 20.8. The van der Waals surface area contributed by atoms with Crippen LogP contribution in [-0.4, -0.2) is 55.3 Å². The van der Waals surface area contributed by atoms with Crippen molar-refractivity contribution in [3.05, 3.63) is 89.5 Å². The van der Waals surface area contributed by atoms with Gasteiger partial charge in [0.25, 0.3) is 5.91 Å². The first kappa shape index (κ1) is 27.7. The van der Waals surface area contributed by atoms with Crippen LogP contribution >= 0.6 is 0 Å². The van der Waals surface area contributed by atoms with E-state index in [1.165, 1.54) is 50.6 Å². The fraction of sp³-hybridized carbons (Fsp3) is 0.214. The molecule has 2 atom stereocenters. The molecule has 10 heteroatoms. The van der Waals surface area contributed by atoms with Gasteiger partial charge < -0.3 is 29.4 Å². The Bertz CT molecular complexity index is 1320. The molecule has 0 aliphatic carbocycles. The Kier molecular flexibility index (Phi) is 9.42. The van der Waals surface area contributed by atoms with Gasteiger partial charge in [-0.2, -0.15) is 0 Å². The molecule has 2 N–H and O–H groups in total. The molecule has 3 aromatic rings. The number of nitrogens with one attached hydrogen (secondary N) is 1. The average Bonchev–Trinajstić information content (AvgIpc) is 2.94. The number of amides is 1. The number of ether oxygens (including phenoxy) is 4. The van der Waals surface area contributed by atoms with Crippen molar-refractivity contribution >= 4 is 29.5 Å². The number of esters is 2. The van der Waals surface area contributed by atoms with Gasteiger partial charge >= 0.3 is 17.9 Å². The van der Waals surface area contributed by atoms with Crippen LogP contribution in [0.2, 0.25) is 0 Å². The molecule has 10 nitrogen and oxygen atoms in total. The van der Waals surface area contributed by atoms with Crippen LogP contribution < -0.4 is 14.8 Å². The second-order valence-electron chi connectivity index (χ2n) is 7.95. The molecule has 3 rings (SSSR count). The highest BCUT2D eigenvalue weighted by atomic mass is 16.6. The van der Waals surface area contributed by atoms with Crippen molar-refractivity contribution in [3.63, 3.8) is 0 Å². The molecule has 0 saturated carbocycles. The van der Waals surface area contributed by atoms with Crippen molar-refractivity contribution in [2.75, 3.05) is 19.5 Å². The predicted octanol–water partition coefficient (Wildman–Crippen LogP) is 3.74. The van der Waals surface area contributed by atoms with E-state index in [2.05, 4.69) is 5.32 Å². The molecule has 0 aliphatic rings. The van der Waals surface area contributed by atoms with Crippen LogP contribution in [0.4, 0.5) is 5.69 Å². The van der Waals surface area contributed by atoms with Crippen LogP contribution in [0.25, 0.3) is 0 Å². The van der Waals surface area contributed by atoms with Crippen LogP contribution in [0.5, 0.6) is 11.5 Å². The maximum atomic E-state index is 13.3. The molecule has 0 fully saturated rings. The molecule has 0 radical (unpaired) electrons. The number of carbonyl (C=O) groups excluding carboxylic acids is 3. The first-order valence-electron chi connectivity index (χ1n) is 11.6. The number of hydrogen-bond donors (Lipinski definition) is 2. The molecule has 0 spiro atoms. The third-order valence-electron chi connectivity index (χ3n) is 5.51. The summed E-state index contributed by atoms with van der Waals surface area (Å²) in [5.74, 6) is -4.08. The summed E-state index contributed by atoms with van der Waals surface area (Å²) in [4.78, 5) is 51.4. The van der Waals surface area contributed by atoms with Gasteiger partial charge in [-0.3, -0.25) is 4.79 Å². The SMILES string of the molecule is CCc1ccccc1NC(=O)[C@H](OC(=O)c1cccc(OC)c1)[C@@H](OC(=O)c1cccc(OC)c1)C(=O)O.